The second kappa shape index (κ2) is 9.31. The van der Waals surface area contributed by atoms with Crippen LogP contribution in [0.2, 0.25) is 0 Å². The summed E-state index contributed by atoms with van der Waals surface area (Å²) in [5.41, 5.74) is 1.12. The van der Waals surface area contributed by atoms with E-state index in [2.05, 4.69) is 5.43 Å². The molecule has 0 aromatic heterocycles. The molecule has 0 bridgehead atoms. The molecule has 1 aliphatic heterocycles. The van der Waals surface area contributed by atoms with E-state index < -0.39 is 47.8 Å². The van der Waals surface area contributed by atoms with Crippen LogP contribution in [0.1, 0.15) is 35.7 Å². The fraction of sp³-hybridized carbons (Fsp3) is 0.273. The van der Waals surface area contributed by atoms with Crippen molar-refractivity contribution in [1.82, 2.24) is 10.4 Å². The van der Waals surface area contributed by atoms with Crippen molar-refractivity contribution < 1.29 is 37.1 Å². The predicted octanol–water partition coefficient (Wildman–Crippen LogP) is 2.93. The van der Waals surface area contributed by atoms with Crippen molar-refractivity contribution in [2.24, 2.45) is 0 Å². The Morgan fingerprint density at radius 3 is 2.48 bits per heavy atom. The van der Waals surface area contributed by atoms with E-state index in [-0.39, 0.29) is 23.4 Å². The molecule has 0 saturated carbocycles. The molecule has 2 aromatic carbocycles. The quantitative estimate of drug-likeness (QED) is 0.544. The summed E-state index contributed by atoms with van der Waals surface area (Å²) in [5.74, 6) is -2.92. The predicted molar refractivity (Wildman–Crippen MR) is 110 cm³/mol. The van der Waals surface area contributed by atoms with E-state index in [9.17, 15) is 32.3 Å². The number of alkyl halides is 3. The number of halogens is 3. The number of anilines is 1. The van der Waals surface area contributed by atoms with Crippen molar-refractivity contribution in [3.8, 4) is 5.75 Å². The lowest BCUT2D eigenvalue weighted by atomic mass is 10.2. The number of ether oxygens (including phenoxy) is 1. The fourth-order valence-corrected chi connectivity index (χ4v) is 3.40. The number of hydrogen-bond acceptors (Lipinski definition) is 5. The van der Waals surface area contributed by atoms with Gasteiger partial charge in [0.15, 0.2) is 0 Å². The normalized spacial score (nSPS) is 16.0. The number of nitrogens with one attached hydrogen (secondary N) is 1. The Labute approximate surface area is 186 Å². The van der Waals surface area contributed by atoms with E-state index in [4.69, 9.17) is 4.74 Å². The van der Waals surface area contributed by atoms with Crippen LogP contribution >= 0.6 is 0 Å². The first-order valence-electron chi connectivity index (χ1n) is 9.88. The van der Waals surface area contributed by atoms with Gasteiger partial charge in [-0.3, -0.25) is 24.6 Å². The number of amides is 4. The highest BCUT2D eigenvalue weighted by molar-refractivity contribution is 6.23. The number of methoxy groups -OCH3 is 1. The lowest BCUT2D eigenvalue weighted by molar-refractivity contribution is -0.140. The van der Waals surface area contributed by atoms with Gasteiger partial charge in [-0.05, 0) is 30.3 Å². The molecule has 0 aliphatic carbocycles. The molecule has 1 unspecified atom stereocenters. The minimum Gasteiger partial charge on any atom is -0.496 e. The highest BCUT2D eigenvalue weighted by Crippen LogP contribution is 2.33. The fourth-order valence-electron chi connectivity index (χ4n) is 3.40. The lowest BCUT2D eigenvalue weighted by Crippen LogP contribution is -2.54. The summed E-state index contributed by atoms with van der Waals surface area (Å²) in [6.07, 6.45) is -5.28. The average Bonchev–Trinajstić information content (AvgIpc) is 3.09. The number of nitrogens with zero attached hydrogens (tertiary/aromatic N) is 2. The first-order chi connectivity index (χ1) is 15.6. The van der Waals surface area contributed by atoms with Crippen molar-refractivity contribution in [3.05, 3.63) is 59.7 Å². The SMILES string of the molecule is CCC(=O)N(NC(=O)c1ccccc1OC)C1CC(=O)N(c2cccc(C(F)(F)F)c2)C1=O. The van der Waals surface area contributed by atoms with Crippen molar-refractivity contribution in [1.29, 1.82) is 0 Å². The molecule has 2 aromatic rings. The molecule has 3 rings (SSSR count). The molecule has 1 aliphatic rings. The first kappa shape index (κ1) is 23.8. The number of rotatable bonds is 5. The highest BCUT2D eigenvalue weighted by Gasteiger charge is 2.45. The van der Waals surface area contributed by atoms with Gasteiger partial charge in [0.25, 0.3) is 11.8 Å². The molecule has 1 N–H and O–H groups in total. The summed E-state index contributed by atoms with van der Waals surface area (Å²) in [6, 6.07) is 8.51. The second-order valence-corrected chi connectivity index (χ2v) is 7.09. The zero-order valence-corrected chi connectivity index (χ0v) is 17.7. The van der Waals surface area contributed by atoms with Gasteiger partial charge >= 0.3 is 6.18 Å². The number of hydrazine groups is 1. The van der Waals surface area contributed by atoms with Crippen LogP contribution in [0, 0.1) is 0 Å². The van der Waals surface area contributed by atoms with Crippen LogP contribution in [0.25, 0.3) is 0 Å². The van der Waals surface area contributed by atoms with E-state index in [0.717, 1.165) is 17.1 Å². The van der Waals surface area contributed by atoms with Gasteiger partial charge < -0.3 is 4.74 Å². The van der Waals surface area contributed by atoms with E-state index in [1.54, 1.807) is 12.1 Å². The number of carbonyl (C=O) groups is 4. The van der Waals surface area contributed by atoms with Crippen molar-refractivity contribution in [2.75, 3.05) is 12.0 Å². The summed E-state index contributed by atoms with van der Waals surface area (Å²) >= 11 is 0. The summed E-state index contributed by atoms with van der Waals surface area (Å²) < 4.78 is 44.3. The molecule has 8 nitrogen and oxygen atoms in total. The van der Waals surface area contributed by atoms with Crippen LogP contribution in [0.5, 0.6) is 5.75 Å². The highest BCUT2D eigenvalue weighted by atomic mass is 19.4. The molecule has 174 valence electrons. The van der Waals surface area contributed by atoms with Crippen LogP contribution in [-0.2, 0) is 20.6 Å². The number of benzene rings is 2. The largest absolute Gasteiger partial charge is 0.496 e. The summed E-state index contributed by atoms with van der Waals surface area (Å²) in [5, 5.41) is 0.753. The molecule has 0 radical (unpaired) electrons. The van der Waals surface area contributed by atoms with Gasteiger partial charge in [-0.2, -0.15) is 13.2 Å². The van der Waals surface area contributed by atoms with E-state index in [1.165, 1.54) is 32.2 Å². The van der Waals surface area contributed by atoms with Gasteiger partial charge in [-0.15, -0.1) is 0 Å². The maximum Gasteiger partial charge on any atom is 0.416 e. The topological polar surface area (TPSA) is 96.0 Å². The molecule has 33 heavy (non-hydrogen) atoms. The Kier molecular flexibility index (Phi) is 6.70. The number of carbonyl (C=O) groups excluding carboxylic acids is 4. The van der Waals surface area contributed by atoms with Crippen molar-refractivity contribution >= 4 is 29.3 Å². The van der Waals surface area contributed by atoms with Crippen molar-refractivity contribution in [2.45, 2.75) is 32.0 Å². The number of para-hydroxylation sites is 1. The summed E-state index contributed by atoms with van der Waals surface area (Å²) in [4.78, 5) is 51.5. The standard InChI is InChI=1S/C22H20F3N3O5/c1-3-18(29)28(26-20(31)15-9-4-5-10-17(15)33-2)16-12-19(30)27(21(16)32)14-8-6-7-13(11-14)22(23,24)25/h4-11,16H,3,12H2,1-2H3,(H,26,31). The molecule has 4 amide bonds. The summed E-state index contributed by atoms with van der Waals surface area (Å²) in [7, 11) is 1.35. The monoisotopic (exact) mass is 463 g/mol. The number of imide groups is 1. The van der Waals surface area contributed by atoms with Crippen LogP contribution in [0.3, 0.4) is 0 Å². The Bertz CT molecular complexity index is 1100. The van der Waals surface area contributed by atoms with Crippen LogP contribution in [-0.4, -0.2) is 41.8 Å². The zero-order chi connectivity index (χ0) is 24.3. The van der Waals surface area contributed by atoms with E-state index in [0.29, 0.717) is 11.0 Å². The number of hydrogen-bond donors (Lipinski definition) is 1. The van der Waals surface area contributed by atoms with Gasteiger partial charge in [-0.1, -0.05) is 25.1 Å². The third-order valence-corrected chi connectivity index (χ3v) is 5.01. The molecular formula is C22H20F3N3O5. The van der Waals surface area contributed by atoms with Gasteiger partial charge in [0.1, 0.15) is 11.8 Å². The third-order valence-electron chi connectivity index (χ3n) is 5.01. The minimum absolute atomic E-state index is 0.0837. The van der Waals surface area contributed by atoms with Gasteiger partial charge in [0, 0.05) is 6.42 Å². The Morgan fingerprint density at radius 2 is 1.85 bits per heavy atom. The first-order valence-corrected chi connectivity index (χ1v) is 9.88. The second-order valence-electron chi connectivity index (χ2n) is 7.09. The molecular weight excluding hydrogens is 443 g/mol. The smallest absolute Gasteiger partial charge is 0.416 e. The van der Waals surface area contributed by atoms with Crippen LogP contribution in [0.15, 0.2) is 48.5 Å². The molecule has 0 spiro atoms. The zero-order valence-electron chi connectivity index (χ0n) is 17.7. The molecule has 1 fully saturated rings. The van der Waals surface area contributed by atoms with Gasteiger partial charge in [0.2, 0.25) is 11.8 Å². The Hall–Kier alpha value is -3.89. The lowest BCUT2D eigenvalue weighted by Gasteiger charge is -2.28. The molecule has 11 heteroatoms. The maximum absolute atomic E-state index is 13.1. The Balaban J connectivity index is 1.91. The van der Waals surface area contributed by atoms with E-state index >= 15 is 0 Å². The van der Waals surface area contributed by atoms with E-state index in [1.807, 2.05) is 0 Å². The van der Waals surface area contributed by atoms with Crippen molar-refractivity contribution in [3.63, 3.8) is 0 Å². The third kappa shape index (κ3) is 4.81. The van der Waals surface area contributed by atoms with Gasteiger partial charge in [0.05, 0.1) is 30.3 Å². The maximum atomic E-state index is 13.1. The van der Waals surface area contributed by atoms with Gasteiger partial charge in [-0.25, -0.2) is 9.91 Å². The average molecular weight is 463 g/mol. The van der Waals surface area contributed by atoms with Crippen LogP contribution in [0.4, 0.5) is 18.9 Å². The molecule has 1 heterocycles. The molecule has 1 saturated heterocycles. The summed E-state index contributed by atoms with van der Waals surface area (Å²) in [6.45, 7) is 1.50. The minimum atomic E-state index is -4.67. The van der Waals surface area contributed by atoms with Crippen LogP contribution < -0.4 is 15.1 Å². The Morgan fingerprint density at radius 1 is 1.15 bits per heavy atom. The molecule has 1 atom stereocenters.